The molecule has 1 unspecified atom stereocenters. The number of likely N-dealkylation sites (tertiary alicyclic amines) is 1. The number of benzene rings is 1. The molecule has 1 aromatic rings. The van der Waals surface area contributed by atoms with E-state index in [4.69, 9.17) is 0 Å². The highest BCUT2D eigenvalue weighted by molar-refractivity contribution is 5.79. The van der Waals surface area contributed by atoms with Gasteiger partial charge in [-0.15, -0.1) is 0 Å². The smallest absolute Gasteiger partial charge is 0.190 e. The molecule has 1 aromatic carbocycles. The van der Waals surface area contributed by atoms with E-state index in [0.29, 0.717) is 0 Å². The minimum atomic E-state index is 0.733. The fourth-order valence-electron chi connectivity index (χ4n) is 3.61. The van der Waals surface area contributed by atoms with Gasteiger partial charge in [-0.1, -0.05) is 36.2 Å². The first kappa shape index (κ1) is 18.8. The third-order valence-electron chi connectivity index (χ3n) is 4.82. The minimum absolute atomic E-state index is 0.733. The molecule has 2 rings (SSSR count). The van der Waals surface area contributed by atoms with Gasteiger partial charge in [0.15, 0.2) is 5.96 Å². The number of aryl methyl sites for hydroxylation is 2. The normalized spacial score (nSPS) is 19.3. The van der Waals surface area contributed by atoms with Gasteiger partial charge in [0.25, 0.3) is 0 Å². The molecule has 0 radical (unpaired) electrons. The van der Waals surface area contributed by atoms with Crippen LogP contribution in [0.15, 0.2) is 23.2 Å². The van der Waals surface area contributed by atoms with E-state index in [9.17, 15) is 0 Å². The molecule has 0 spiro atoms. The van der Waals surface area contributed by atoms with Crippen molar-refractivity contribution in [3.63, 3.8) is 0 Å². The van der Waals surface area contributed by atoms with Crippen LogP contribution < -0.4 is 10.6 Å². The van der Waals surface area contributed by atoms with E-state index in [1.54, 1.807) is 0 Å². The average Bonchev–Trinajstić information content (AvgIpc) is 2.57. The predicted octanol–water partition coefficient (Wildman–Crippen LogP) is 2.74. The van der Waals surface area contributed by atoms with Crippen LogP contribution in [0.5, 0.6) is 0 Å². The summed E-state index contributed by atoms with van der Waals surface area (Å²) in [5.74, 6) is 1.66. The van der Waals surface area contributed by atoms with Crippen molar-refractivity contribution in [3.05, 3.63) is 34.9 Å². The summed E-state index contributed by atoms with van der Waals surface area (Å²) in [6.45, 7) is 12.1. The Morgan fingerprint density at radius 2 is 1.96 bits per heavy atom. The third kappa shape index (κ3) is 6.16. The first-order valence-electron chi connectivity index (χ1n) is 9.34. The molecular formula is C20H34N4. The molecule has 1 fully saturated rings. The number of nitrogens with zero attached hydrogens (tertiary/aromatic N) is 2. The molecule has 0 bridgehead atoms. The highest BCUT2D eigenvalue weighted by Crippen LogP contribution is 2.15. The van der Waals surface area contributed by atoms with Gasteiger partial charge in [-0.05, 0) is 57.7 Å². The summed E-state index contributed by atoms with van der Waals surface area (Å²) in [6, 6.07) is 6.76. The highest BCUT2D eigenvalue weighted by Gasteiger charge is 2.18. The quantitative estimate of drug-likeness (QED) is 0.622. The van der Waals surface area contributed by atoms with E-state index in [1.807, 2.05) is 7.05 Å². The lowest BCUT2D eigenvalue weighted by molar-refractivity contribution is 0.183. The Hall–Kier alpha value is -1.55. The molecule has 4 nitrogen and oxygen atoms in total. The van der Waals surface area contributed by atoms with E-state index in [-0.39, 0.29) is 0 Å². The number of piperidine rings is 1. The van der Waals surface area contributed by atoms with Crippen LogP contribution in [-0.4, -0.2) is 50.6 Å². The Bertz CT molecular complexity index is 518. The predicted molar refractivity (Wildman–Crippen MR) is 104 cm³/mol. The zero-order valence-corrected chi connectivity index (χ0v) is 15.9. The second-order valence-corrected chi connectivity index (χ2v) is 7.03. The molecule has 134 valence electrons. The van der Waals surface area contributed by atoms with E-state index in [1.165, 1.54) is 49.2 Å². The third-order valence-corrected chi connectivity index (χ3v) is 4.82. The van der Waals surface area contributed by atoms with E-state index < -0.39 is 0 Å². The van der Waals surface area contributed by atoms with Gasteiger partial charge in [0.2, 0.25) is 0 Å². The maximum Gasteiger partial charge on any atom is 0.190 e. The maximum atomic E-state index is 4.36. The molecule has 0 amide bonds. The van der Waals surface area contributed by atoms with E-state index in [2.05, 4.69) is 59.5 Å². The highest BCUT2D eigenvalue weighted by atomic mass is 15.2. The monoisotopic (exact) mass is 330 g/mol. The number of hydrogen-bond acceptors (Lipinski definition) is 2. The van der Waals surface area contributed by atoms with E-state index in [0.717, 1.165) is 31.4 Å². The van der Waals surface area contributed by atoms with Gasteiger partial charge in [-0.3, -0.25) is 4.99 Å². The lowest BCUT2D eigenvalue weighted by Crippen LogP contribution is -2.44. The molecule has 1 saturated heterocycles. The molecule has 4 heteroatoms. The fraction of sp³-hybridized carbons (Fsp3) is 0.650. The lowest BCUT2D eigenvalue weighted by atomic mass is 9.98. The maximum absolute atomic E-state index is 4.36. The molecule has 1 atom stereocenters. The van der Waals surface area contributed by atoms with Gasteiger partial charge in [0.1, 0.15) is 0 Å². The van der Waals surface area contributed by atoms with Crippen molar-refractivity contribution in [1.29, 1.82) is 0 Å². The molecule has 1 aliphatic rings. The summed E-state index contributed by atoms with van der Waals surface area (Å²) in [5.41, 5.74) is 4.07. The van der Waals surface area contributed by atoms with Gasteiger partial charge in [0.05, 0.1) is 0 Å². The molecule has 0 aliphatic carbocycles. The van der Waals surface area contributed by atoms with Crippen molar-refractivity contribution in [1.82, 2.24) is 15.5 Å². The molecule has 1 heterocycles. The van der Waals surface area contributed by atoms with Crippen LogP contribution in [0.3, 0.4) is 0 Å². The largest absolute Gasteiger partial charge is 0.356 e. The number of rotatable bonds is 6. The van der Waals surface area contributed by atoms with Crippen molar-refractivity contribution in [2.45, 2.75) is 40.0 Å². The van der Waals surface area contributed by atoms with Gasteiger partial charge in [0, 0.05) is 26.7 Å². The Morgan fingerprint density at radius 1 is 1.21 bits per heavy atom. The van der Waals surface area contributed by atoms with Gasteiger partial charge in [-0.2, -0.15) is 0 Å². The van der Waals surface area contributed by atoms with E-state index >= 15 is 0 Å². The molecular weight excluding hydrogens is 296 g/mol. The SMILES string of the molecule is CCN1CCCC(CNC(=NC)NCCc2cc(C)cc(C)c2)C1. The zero-order valence-electron chi connectivity index (χ0n) is 15.9. The van der Waals surface area contributed by atoms with Crippen LogP contribution in [-0.2, 0) is 6.42 Å². The van der Waals surface area contributed by atoms with Crippen LogP contribution in [0, 0.1) is 19.8 Å². The first-order chi connectivity index (χ1) is 11.6. The van der Waals surface area contributed by atoms with Gasteiger partial charge >= 0.3 is 0 Å². The zero-order chi connectivity index (χ0) is 17.4. The second-order valence-electron chi connectivity index (χ2n) is 7.03. The molecule has 0 aromatic heterocycles. The summed E-state index contributed by atoms with van der Waals surface area (Å²) in [5, 5.41) is 6.95. The number of guanidine groups is 1. The Kier molecular flexibility index (Phi) is 7.57. The second kappa shape index (κ2) is 9.67. The van der Waals surface area contributed by atoms with Crippen LogP contribution in [0.1, 0.15) is 36.5 Å². The molecule has 24 heavy (non-hydrogen) atoms. The summed E-state index contributed by atoms with van der Waals surface area (Å²) < 4.78 is 0. The fourth-order valence-corrected chi connectivity index (χ4v) is 3.61. The van der Waals surface area contributed by atoms with Gasteiger partial charge in [-0.25, -0.2) is 0 Å². The van der Waals surface area contributed by atoms with Crippen molar-refractivity contribution < 1.29 is 0 Å². The first-order valence-corrected chi connectivity index (χ1v) is 9.34. The Morgan fingerprint density at radius 3 is 2.62 bits per heavy atom. The molecule has 2 N–H and O–H groups in total. The lowest BCUT2D eigenvalue weighted by Gasteiger charge is -2.32. The van der Waals surface area contributed by atoms with Crippen LogP contribution in [0.4, 0.5) is 0 Å². The number of nitrogens with one attached hydrogen (secondary N) is 2. The standard InChI is InChI=1S/C20H34N4/c1-5-24-10-6-7-19(15-24)14-23-20(21-4)22-9-8-18-12-16(2)11-17(3)13-18/h11-13,19H,5-10,14-15H2,1-4H3,(H2,21,22,23). The van der Waals surface area contributed by atoms with Crippen molar-refractivity contribution in [3.8, 4) is 0 Å². The van der Waals surface area contributed by atoms with Crippen molar-refractivity contribution >= 4 is 5.96 Å². The molecule has 0 saturated carbocycles. The van der Waals surface area contributed by atoms with Crippen LogP contribution in [0.25, 0.3) is 0 Å². The summed E-state index contributed by atoms with van der Waals surface area (Å²) in [6.07, 6.45) is 3.66. The number of aliphatic imine (C=N–C) groups is 1. The van der Waals surface area contributed by atoms with Crippen molar-refractivity contribution in [2.24, 2.45) is 10.9 Å². The van der Waals surface area contributed by atoms with Crippen LogP contribution in [0.2, 0.25) is 0 Å². The summed E-state index contributed by atoms with van der Waals surface area (Å²) in [7, 11) is 1.85. The summed E-state index contributed by atoms with van der Waals surface area (Å²) in [4.78, 5) is 6.91. The van der Waals surface area contributed by atoms with Crippen molar-refractivity contribution in [2.75, 3.05) is 39.8 Å². The topological polar surface area (TPSA) is 39.7 Å². The molecule has 1 aliphatic heterocycles. The summed E-state index contributed by atoms with van der Waals surface area (Å²) >= 11 is 0. The van der Waals surface area contributed by atoms with Crippen LogP contribution >= 0.6 is 0 Å². The average molecular weight is 331 g/mol. The van der Waals surface area contributed by atoms with Gasteiger partial charge < -0.3 is 15.5 Å². The minimum Gasteiger partial charge on any atom is -0.356 e. The number of hydrogen-bond donors (Lipinski definition) is 2. The Balaban J connectivity index is 1.72. The Labute approximate surface area is 147 Å².